The van der Waals surface area contributed by atoms with Crippen LogP contribution in [-0.2, 0) is 14.3 Å². The lowest BCUT2D eigenvalue weighted by Gasteiger charge is -2.17. The summed E-state index contributed by atoms with van der Waals surface area (Å²) in [5.74, 6) is -2.17. The first kappa shape index (κ1) is 21.0. The molecule has 2 aromatic carbocycles. The summed E-state index contributed by atoms with van der Waals surface area (Å²) in [5.41, 5.74) is 0.972. The Morgan fingerprint density at radius 2 is 1.84 bits per heavy atom. The van der Waals surface area contributed by atoms with E-state index in [0.717, 1.165) is 17.7 Å². The summed E-state index contributed by atoms with van der Waals surface area (Å²) in [7, 11) is 0. The Morgan fingerprint density at radius 1 is 1.10 bits per heavy atom. The van der Waals surface area contributed by atoms with Gasteiger partial charge in [0.25, 0.3) is 17.7 Å². The fourth-order valence-corrected chi connectivity index (χ4v) is 3.65. The van der Waals surface area contributed by atoms with Crippen LogP contribution in [0.15, 0.2) is 42.5 Å². The Morgan fingerprint density at radius 3 is 2.55 bits per heavy atom. The normalized spacial score (nSPS) is 17.6. The van der Waals surface area contributed by atoms with Crippen LogP contribution in [-0.4, -0.2) is 54.5 Å². The van der Waals surface area contributed by atoms with Gasteiger partial charge < -0.3 is 14.8 Å². The summed E-state index contributed by atoms with van der Waals surface area (Å²) >= 11 is 5.79. The molecule has 31 heavy (non-hydrogen) atoms. The van der Waals surface area contributed by atoms with Crippen LogP contribution < -0.4 is 5.32 Å². The van der Waals surface area contributed by atoms with E-state index < -0.39 is 30.3 Å². The minimum atomic E-state index is -0.771. The van der Waals surface area contributed by atoms with E-state index in [4.69, 9.17) is 21.1 Å². The molecule has 1 saturated heterocycles. The zero-order chi connectivity index (χ0) is 22.0. The second-order valence-corrected chi connectivity index (χ2v) is 7.68. The van der Waals surface area contributed by atoms with Crippen LogP contribution in [0.25, 0.3) is 0 Å². The highest BCUT2D eigenvalue weighted by atomic mass is 35.5. The topological polar surface area (TPSA) is 102 Å². The minimum absolute atomic E-state index is 0.0816. The maximum Gasteiger partial charge on any atom is 0.338 e. The summed E-state index contributed by atoms with van der Waals surface area (Å²) in [6.07, 6.45) is 1.53. The molecule has 9 heteroatoms. The molecule has 2 aromatic rings. The monoisotopic (exact) mass is 442 g/mol. The highest BCUT2D eigenvalue weighted by Crippen LogP contribution is 2.26. The third-order valence-electron chi connectivity index (χ3n) is 5.08. The molecule has 2 aliphatic heterocycles. The largest absolute Gasteiger partial charge is 0.452 e. The number of fused-ring (bicyclic) bond motifs is 1. The SMILES string of the molecule is O=C(COC(=O)c1ccc2c(c1)C(=O)N(C[C@H]1CCCO1)C2=O)Nc1ccc(Cl)cc1. The van der Waals surface area contributed by atoms with Crippen LogP contribution in [0.4, 0.5) is 5.69 Å². The van der Waals surface area contributed by atoms with Crippen molar-refractivity contribution in [1.82, 2.24) is 4.90 Å². The molecule has 0 unspecified atom stereocenters. The predicted molar refractivity (Wildman–Crippen MR) is 111 cm³/mol. The maximum atomic E-state index is 12.7. The molecule has 0 radical (unpaired) electrons. The van der Waals surface area contributed by atoms with Crippen LogP contribution >= 0.6 is 11.6 Å². The molecule has 3 amide bonds. The van der Waals surface area contributed by atoms with Gasteiger partial charge in [0.2, 0.25) is 0 Å². The number of benzene rings is 2. The number of esters is 1. The zero-order valence-electron chi connectivity index (χ0n) is 16.4. The van der Waals surface area contributed by atoms with Crippen LogP contribution in [0, 0.1) is 0 Å². The zero-order valence-corrected chi connectivity index (χ0v) is 17.2. The second-order valence-electron chi connectivity index (χ2n) is 7.25. The second kappa shape index (κ2) is 8.87. The molecule has 8 nitrogen and oxygen atoms in total. The van der Waals surface area contributed by atoms with Gasteiger partial charge in [-0.25, -0.2) is 4.79 Å². The Labute approximate surface area is 183 Å². The van der Waals surface area contributed by atoms with Crippen LogP contribution in [0.2, 0.25) is 5.02 Å². The van der Waals surface area contributed by atoms with E-state index in [-0.39, 0.29) is 29.3 Å². The molecule has 0 bridgehead atoms. The average Bonchev–Trinajstić information content (AvgIpc) is 3.36. The fraction of sp³-hybridized carbons (Fsp3) is 0.273. The molecule has 4 rings (SSSR count). The average molecular weight is 443 g/mol. The summed E-state index contributed by atoms with van der Waals surface area (Å²) in [6, 6.07) is 10.6. The summed E-state index contributed by atoms with van der Waals surface area (Å²) in [6.45, 7) is 0.309. The van der Waals surface area contributed by atoms with Gasteiger partial charge in [-0.3, -0.25) is 19.3 Å². The Kier molecular flexibility index (Phi) is 6.01. The van der Waals surface area contributed by atoms with Crippen molar-refractivity contribution < 1.29 is 28.7 Å². The number of anilines is 1. The van der Waals surface area contributed by atoms with E-state index in [2.05, 4.69) is 5.32 Å². The summed E-state index contributed by atoms with van der Waals surface area (Å²) in [4.78, 5) is 50.7. The number of hydrogen-bond acceptors (Lipinski definition) is 6. The van der Waals surface area contributed by atoms with Crippen LogP contribution in [0.3, 0.4) is 0 Å². The third kappa shape index (κ3) is 4.60. The molecule has 0 spiro atoms. The van der Waals surface area contributed by atoms with Gasteiger partial charge in [0.05, 0.1) is 29.3 Å². The van der Waals surface area contributed by atoms with E-state index >= 15 is 0 Å². The first-order chi connectivity index (χ1) is 14.9. The van der Waals surface area contributed by atoms with Gasteiger partial charge in [0, 0.05) is 17.3 Å². The first-order valence-electron chi connectivity index (χ1n) is 9.77. The number of ether oxygens (including phenoxy) is 2. The van der Waals surface area contributed by atoms with Crippen molar-refractivity contribution >= 4 is 41.0 Å². The highest BCUT2D eigenvalue weighted by molar-refractivity contribution is 6.30. The van der Waals surface area contributed by atoms with Crippen LogP contribution in [0.1, 0.15) is 43.9 Å². The number of carbonyl (C=O) groups excluding carboxylic acids is 4. The van der Waals surface area contributed by atoms with Gasteiger partial charge >= 0.3 is 5.97 Å². The smallest absolute Gasteiger partial charge is 0.338 e. The molecule has 2 aliphatic rings. The van der Waals surface area contributed by atoms with Gasteiger partial charge in [-0.05, 0) is 55.3 Å². The fourth-order valence-electron chi connectivity index (χ4n) is 3.52. The van der Waals surface area contributed by atoms with Gasteiger partial charge in [-0.1, -0.05) is 11.6 Å². The van der Waals surface area contributed by atoms with Gasteiger partial charge in [0.1, 0.15) is 0 Å². The van der Waals surface area contributed by atoms with E-state index in [0.29, 0.717) is 17.3 Å². The Hall–Kier alpha value is -3.23. The quantitative estimate of drug-likeness (QED) is 0.545. The van der Waals surface area contributed by atoms with E-state index in [1.54, 1.807) is 24.3 Å². The summed E-state index contributed by atoms with van der Waals surface area (Å²) in [5, 5.41) is 3.11. The number of carbonyl (C=O) groups is 4. The highest BCUT2D eigenvalue weighted by Gasteiger charge is 2.38. The molecular weight excluding hydrogens is 424 g/mol. The van der Waals surface area contributed by atoms with Gasteiger partial charge in [-0.2, -0.15) is 0 Å². The molecule has 160 valence electrons. The van der Waals surface area contributed by atoms with Crippen molar-refractivity contribution in [1.29, 1.82) is 0 Å². The number of hydrogen-bond donors (Lipinski definition) is 1. The third-order valence-corrected chi connectivity index (χ3v) is 5.33. The Bertz CT molecular complexity index is 1050. The number of imide groups is 1. The van der Waals surface area contributed by atoms with Crippen molar-refractivity contribution in [3.63, 3.8) is 0 Å². The van der Waals surface area contributed by atoms with Gasteiger partial charge in [0.15, 0.2) is 6.61 Å². The number of rotatable bonds is 6. The number of nitrogens with one attached hydrogen (secondary N) is 1. The number of halogens is 1. The molecule has 1 N–H and O–H groups in total. The predicted octanol–water partition coefficient (Wildman–Crippen LogP) is 2.91. The van der Waals surface area contributed by atoms with Crippen LogP contribution in [0.5, 0.6) is 0 Å². The molecule has 1 atom stereocenters. The molecule has 2 heterocycles. The minimum Gasteiger partial charge on any atom is -0.452 e. The first-order valence-corrected chi connectivity index (χ1v) is 10.1. The molecule has 0 saturated carbocycles. The maximum absolute atomic E-state index is 12.7. The number of nitrogens with zero attached hydrogens (tertiary/aromatic N) is 1. The molecule has 0 aliphatic carbocycles. The number of amides is 3. The van der Waals surface area contributed by atoms with Crippen molar-refractivity contribution in [2.24, 2.45) is 0 Å². The lowest BCUT2D eigenvalue weighted by molar-refractivity contribution is -0.119. The van der Waals surface area contributed by atoms with Crippen molar-refractivity contribution in [2.45, 2.75) is 18.9 Å². The molecular formula is C22H19ClN2O6. The van der Waals surface area contributed by atoms with E-state index in [9.17, 15) is 19.2 Å². The van der Waals surface area contributed by atoms with Crippen molar-refractivity contribution in [2.75, 3.05) is 25.1 Å². The van der Waals surface area contributed by atoms with Crippen molar-refractivity contribution in [3.8, 4) is 0 Å². The molecule has 1 fully saturated rings. The van der Waals surface area contributed by atoms with Crippen molar-refractivity contribution in [3.05, 3.63) is 64.2 Å². The summed E-state index contributed by atoms with van der Waals surface area (Å²) < 4.78 is 10.5. The van der Waals surface area contributed by atoms with E-state index in [1.807, 2.05) is 0 Å². The Balaban J connectivity index is 1.37. The molecule has 0 aromatic heterocycles. The van der Waals surface area contributed by atoms with E-state index in [1.165, 1.54) is 18.2 Å². The standard InChI is InChI=1S/C22H19ClN2O6/c23-14-4-6-15(7-5-14)24-19(26)12-31-22(29)13-3-8-17-18(10-13)21(28)25(20(17)27)11-16-2-1-9-30-16/h3-8,10,16H,1-2,9,11-12H2,(H,24,26)/t16-/m1/s1. The lowest BCUT2D eigenvalue weighted by Crippen LogP contribution is -2.36. The lowest BCUT2D eigenvalue weighted by atomic mass is 10.1. The van der Waals surface area contributed by atoms with Gasteiger partial charge in [-0.15, -0.1) is 0 Å².